The number of hydrogen-bond donors (Lipinski definition) is 1. The van der Waals surface area contributed by atoms with Crippen molar-refractivity contribution < 1.29 is 14.3 Å². The normalized spacial score (nSPS) is 10.7. The van der Waals surface area contributed by atoms with E-state index < -0.39 is 0 Å². The molecular formula is C33H28N2O3S. The van der Waals surface area contributed by atoms with Crippen LogP contribution in [0.1, 0.15) is 30.1 Å². The van der Waals surface area contributed by atoms with Crippen molar-refractivity contribution in [1.29, 1.82) is 0 Å². The number of nitrogens with one attached hydrogen (secondary N) is 1. The van der Waals surface area contributed by atoms with Gasteiger partial charge in [0.1, 0.15) is 5.75 Å². The third kappa shape index (κ3) is 6.48. The fourth-order valence-electron chi connectivity index (χ4n) is 4.26. The standard InChI is InChI=1S/C33H28N2O3S/c1-2-38-28-19-17-25(18-20-28)29(36)21-22-30(37)34-33-35-31(26-11-7-4-8-12-26)32(39-33)27-15-13-24(14-16-27)23-9-5-3-6-10-23/h3-20H,2,21-22H2,1H3,(H,34,35,37). The Morgan fingerprint density at radius 2 is 1.31 bits per heavy atom. The Bertz CT molecular complexity index is 1540. The minimum absolute atomic E-state index is 0.0768. The lowest BCUT2D eigenvalue weighted by Gasteiger charge is -2.05. The summed E-state index contributed by atoms with van der Waals surface area (Å²) in [7, 11) is 0. The number of nitrogens with zero attached hydrogens (tertiary/aromatic N) is 1. The van der Waals surface area contributed by atoms with Crippen LogP contribution >= 0.6 is 11.3 Å². The third-order valence-electron chi connectivity index (χ3n) is 6.24. The maximum absolute atomic E-state index is 12.8. The number of thiazole rings is 1. The van der Waals surface area contributed by atoms with Gasteiger partial charge in [0.05, 0.1) is 17.2 Å². The molecule has 0 fully saturated rings. The SMILES string of the molecule is CCOc1ccc(C(=O)CCC(=O)Nc2nc(-c3ccccc3)c(-c3ccc(-c4ccccc4)cc3)s2)cc1. The summed E-state index contributed by atoms with van der Waals surface area (Å²) in [6.45, 7) is 2.48. The van der Waals surface area contributed by atoms with Crippen LogP contribution in [0.2, 0.25) is 0 Å². The number of hydrogen-bond acceptors (Lipinski definition) is 5. The largest absolute Gasteiger partial charge is 0.494 e. The summed E-state index contributed by atoms with van der Waals surface area (Å²) in [4.78, 5) is 31.1. The van der Waals surface area contributed by atoms with Gasteiger partial charge in [-0.3, -0.25) is 9.59 Å². The first-order valence-corrected chi connectivity index (χ1v) is 13.7. The summed E-state index contributed by atoms with van der Waals surface area (Å²) in [6.07, 6.45) is 0.192. The number of ketones is 1. The van der Waals surface area contributed by atoms with E-state index in [2.05, 4.69) is 41.7 Å². The van der Waals surface area contributed by atoms with Gasteiger partial charge in [0.25, 0.3) is 0 Å². The second-order valence-electron chi connectivity index (χ2n) is 8.93. The average molecular weight is 533 g/mol. The summed E-state index contributed by atoms with van der Waals surface area (Å²) in [5.41, 5.74) is 5.67. The second kappa shape index (κ2) is 12.3. The molecule has 0 radical (unpaired) electrons. The third-order valence-corrected chi connectivity index (χ3v) is 7.26. The van der Waals surface area contributed by atoms with E-state index in [-0.39, 0.29) is 24.5 Å². The molecule has 1 amide bonds. The monoisotopic (exact) mass is 532 g/mol. The minimum Gasteiger partial charge on any atom is -0.494 e. The number of benzene rings is 4. The quantitative estimate of drug-likeness (QED) is 0.184. The number of ether oxygens (including phenoxy) is 1. The van der Waals surface area contributed by atoms with E-state index in [1.54, 1.807) is 24.3 Å². The molecule has 5 nitrogen and oxygen atoms in total. The highest BCUT2D eigenvalue weighted by molar-refractivity contribution is 7.19. The van der Waals surface area contributed by atoms with Gasteiger partial charge in [-0.1, -0.05) is 96.3 Å². The number of carbonyl (C=O) groups excluding carboxylic acids is 2. The molecular weight excluding hydrogens is 504 g/mol. The molecule has 4 aromatic carbocycles. The Balaban J connectivity index is 1.31. The molecule has 39 heavy (non-hydrogen) atoms. The molecule has 0 bridgehead atoms. The molecule has 0 spiro atoms. The highest BCUT2D eigenvalue weighted by atomic mass is 32.1. The van der Waals surface area contributed by atoms with Crippen LogP contribution in [0, 0.1) is 0 Å². The Kier molecular flexibility index (Phi) is 8.24. The Labute approximate surface area is 232 Å². The van der Waals surface area contributed by atoms with Crippen molar-refractivity contribution in [2.75, 3.05) is 11.9 Å². The molecule has 6 heteroatoms. The molecule has 194 valence electrons. The van der Waals surface area contributed by atoms with Crippen molar-refractivity contribution in [2.45, 2.75) is 19.8 Å². The number of carbonyl (C=O) groups is 2. The second-order valence-corrected chi connectivity index (χ2v) is 9.93. The van der Waals surface area contributed by atoms with Crippen LogP contribution in [0.25, 0.3) is 32.8 Å². The van der Waals surface area contributed by atoms with Crippen molar-refractivity contribution in [1.82, 2.24) is 4.98 Å². The van der Waals surface area contributed by atoms with Gasteiger partial charge in [-0.05, 0) is 47.9 Å². The van der Waals surface area contributed by atoms with E-state index in [1.807, 2.05) is 55.5 Å². The summed E-state index contributed by atoms with van der Waals surface area (Å²) >= 11 is 1.43. The summed E-state index contributed by atoms with van der Waals surface area (Å²) in [6, 6.07) is 35.6. The molecule has 0 aliphatic carbocycles. The molecule has 0 atom stereocenters. The summed E-state index contributed by atoms with van der Waals surface area (Å²) < 4.78 is 5.43. The van der Waals surface area contributed by atoms with Crippen molar-refractivity contribution in [3.05, 3.63) is 115 Å². The zero-order valence-corrected chi connectivity index (χ0v) is 22.4. The number of anilines is 1. The Morgan fingerprint density at radius 1 is 0.718 bits per heavy atom. The van der Waals surface area contributed by atoms with Crippen LogP contribution in [0.4, 0.5) is 5.13 Å². The smallest absolute Gasteiger partial charge is 0.226 e. The molecule has 1 aromatic heterocycles. The van der Waals surface area contributed by atoms with E-state index in [0.29, 0.717) is 17.3 Å². The molecule has 0 saturated carbocycles. The average Bonchev–Trinajstić information content (AvgIpc) is 3.41. The van der Waals surface area contributed by atoms with Crippen molar-refractivity contribution in [3.63, 3.8) is 0 Å². The van der Waals surface area contributed by atoms with Gasteiger partial charge in [-0.25, -0.2) is 4.98 Å². The van der Waals surface area contributed by atoms with Crippen LogP contribution in [0.5, 0.6) is 5.75 Å². The molecule has 5 rings (SSSR count). The topological polar surface area (TPSA) is 68.3 Å². The molecule has 1 N–H and O–H groups in total. The van der Waals surface area contributed by atoms with E-state index in [4.69, 9.17) is 9.72 Å². The van der Waals surface area contributed by atoms with Gasteiger partial charge in [-0.2, -0.15) is 0 Å². The zero-order valence-electron chi connectivity index (χ0n) is 21.6. The van der Waals surface area contributed by atoms with Gasteiger partial charge < -0.3 is 10.1 Å². The number of rotatable bonds is 10. The molecule has 0 saturated heterocycles. The highest BCUT2D eigenvalue weighted by Crippen LogP contribution is 2.39. The fraction of sp³-hybridized carbons (Fsp3) is 0.121. The number of Topliss-reactive ketones (excluding diaryl/α,β-unsaturated/α-hetero) is 1. The van der Waals surface area contributed by atoms with Crippen LogP contribution in [0.15, 0.2) is 109 Å². The molecule has 0 unspecified atom stereocenters. The van der Waals surface area contributed by atoms with Crippen molar-refractivity contribution >= 4 is 28.2 Å². The van der Waals surface area contributed by atoms with E-state index >= 15 is 0 Å². The lowest BCUT2D eigenvalue weighted by atomic mass is 10.0. The Hall–Kier alpha value is -4.55. The molecule has 0 aliphatic rings. The fourth-order valence-corrected chi connectivity index (χ4v) is 5.27. The molecule has 1 heterocycles. The van der Waals surface area contributed by atoms with Gasteiger partial charge in [0.2, 0.25) is 5.91 Å². The van der Waals surface area contributed by atoms with Gasteiger partial charge >= 0.3 is 0 Å². The maximum Gasteiger partial charge on any atom is 0.226 e. The molecule has 0 aliphatic heterocycles. The lowest BCUT2D eigenvalue weighted by Crippen LogP contribution is -2.13. The van der Waals surface area contributed by atoms with Crippen LogP contribution < -0.4 is 10.1 Å². The predicted octanol–water partition coefficient (Wildman–Crippen LogP) is 8.14. The first-order valence-electron chi connectivity index (χ1n) is 12.9. The van der Waals surface area contributed by atoms with Crippen LogP contribution in [-0.2, 0) is 4.79 Å². The highest BCUT2D eigenvalue weighted by Gasteiger charge is 2.17. The summed E-state index contributed by atoms with van der Waals surface area (Å²) in [5, 5.41) is 3.42. The van der Waals surface area contributed by atoms with E-state index in [0.717, 1.165) is 38.6 Å². The van der Waals surface area contributed by atoms with Gasteiger partial charge in [0, 0.05) is 24.0 Å². The summed E-state index contributed by atoms with van der Waals surface area (Å²) in [5.74, 6) is 0.389. The van der Waals surface area contributed by atoms with E-state index in [1.165, 1.54) is 11.3 Å². The van der Waals surface area contributed by atoms with Crippen LogP contribution in [-0.4, -0.2) is 23.3 Å². The predicted molar refractivity (Wildman–Crippen MR) is 158 cm³/mol. The van der Waals surface area contributed by atoms with Crippen molar-refractivity contribution in [3.8, 4) is 38.6 Å². The maximum atomic E-state index is 12.8. The first kappa shape index (κ1) is 26.1. The van der Waals surface area contributed by atoms with Gasteiger partial charge in [0.15, 0.2) is 10.9 Å². The number of aromatic nitrogens is 1. The number of amides is 1. The van der Waals surface area contributed by atoms with Crippen molar-refractivity contribution in [2.24, 2.45) is 0 Å². The first-order chi connectivity index (χ1) is 19.1. The van der Waals surface area contributed by atoms with E-state index in [9.17, 15) is 9.59 Å². The Morgan fingerprint density at radius 3 is 1.95 bits per heavy atom. The lowest BCUT2D eigenvalue weighted by molar-refractivity contribution is -0.116. The zero-order chi connectivity index (χ0) is 27.0. The minimum atomic E-state index is -0.242. The molecule has 5 aromatic rings. The van der Waals surface area contributed by atoms with Gasteiger partial charge in [-0.15, -0.1) is 0 Å². The van der Waals surface area contributed by atoms with Crippen LogP contribution in [0.3, 0.4) is 0 Å².